The Balaban J connectivity index is 2.86. The zero-order valence-electron chi connectivity index (χ0n) is 16.2. The first-order valence-electron chi connectivity index (χ1n) is 8.81. The van der Waals surface area contributed by atoms with Gasteiger partial charge in [0.25, 0.3) is 0 Å². The average Bonchev–Trinajstić information content (AvgIpc) is 3.14. The van der Waals surface area contributed by atoms with Crippen molar-refractivity contribution >= 4 is 23.2 Å². The number of aliphatic hydroxyl groups is 1. The molecule has 0 saturated carbocycles. The summed E-state index contributed by atoms with van der Waals surface area (Å²) in [6.07, 6.45) is -0.0228. The van der Waals surface area contributed by atoms with Crippen molar-refractivity contribution in [1.82, 2.24) is 10.3 Å². The van der Waals surface area contributed by atoms with Crippen LogP contribution in [0.5, 0.6) is 0 Å². The van der Waals surface area contributed by atoms with Gasteiger partial charge >= 0.3 is 5.97 Å². The van der Waals surface area contributed by atoms with Crippen LogP contribution in [0.4, 0.5) is 0 Å². The van der Waals surface area contributed by atoms with E-state index in [9.17, 15) is 14.7 Å². The van der Waals surface area contributed by atoms with Crippen molar-refractivity contribution in [1.29, 1.82) is 0 Å². The second-order valence-corrected chi connectivity index (χ2v) is 7.60. The van der Waals surface area contributed by atoms with Crippen LogP contribution in [-0.4, -0.2) is 41.2 Å². The summed E-state index contributed by atoms with van der Waals surface area (Å²) in [6.45, 7) is 7.61. The number of aromatic nitrogens is 1. The average molecular weight is 398 g/mol. The van der Waals surface area contributed by atoms with Crippen molar-refractivity contribution in [3.63, 3.8) is 0 Å². The Bertz CT molecular complexity index is 687. The Labute approximate surface area is 162 Å². The molecule has 0 fully saturated rings. The number of hydrogen-bond donors (Lipinski definition) is 2. The fraction of sp³-hybridized carbons (Fsp3) is 0.706. The maximum atomic E-state index is 12.6. The zero-order valence-corrected chi connectivity index (χ0v) is 17.1. The molecule has 9 nitrogen and oxygen atoms in total. The molecule has 1 amide bonds. The first-order valence-corrected chi connectivity index (χ1v) is 9.69. The summed E-state index contributed by atoms with van der Waals surface area (Å²) < 4.78 is 4.61. The third-order valence-corrected chi connectivity index (χ3v) is 5.38. The molecule has 0 radical (unpaired) electrons. The monoisotopic (exact) mass is 397 g/mol. The summed E-state index contributed by atoms with van der Waals surface area (Å²) in [6, 6.07) is -1.15. The summed E-state index contributed by atoms with van der Waals surface area (Å²) >= 11 is 1.16. The van der Waals surface area contributed by atoms with Gasteiger partial charge in [0.05, 0.1) is 7.11 Å². The van der Waals surface area contributed by atoms with E-state index < -0.39 is 18.1 Å². The van der Waals surface area contributed by atoms with Crippen LogP contribution < -0.4 is 5.32 Å². The van der Waals surface area contributed by atoms with Crippen molar-refractivity contribution in [2.24, 2.45) is 17.0 Å². The highest BCUT2D eigenvalue weighted by Gasteiger charge is 2.28. The van der Waals surface area contributed by atoms with Gasteiger partial charge in [-0.15, -0.1) is 11.3 Å². The number of ether oxygens (including phenoxy) is 1. The fourth-order valence-electron chi connectivity index (χ4n) is 2.45. The SMILES string of the molecule is CCC(C)[C@H](N=[N+]=[N-])C(=O)N[C@H](C[C@@H](O)c1nc(C(=O)OC)cs1)C(C)C. The second-order valence-electron chi connectivity index (χ2n) is 6.71. The molecular formula is C17H27N5O4S. The fourth-order valence-corrected chi connectivity index (χ4v) is 3.24. The van der Waals surface area contributed by atoms with Gasteiger partial charge < -0.3 is 15.2 Å². The van der Waals surface area contributed by atoms with Crippen LogP contribution in [0.25, 0.3) is 10.4 Å². The minimum absolute atomic E-state index is 0.0345. The number of methoxy groups -OCH3 is 1. The molecule has 150 valence electrons. The topological polar surface area (TPSA) is 137 Å². The van der Waals surface area contributed by atoms with E-state index in [1.54, 1.807) is 0 Å². The second kappa shape index (κ2) is 10.9. The van der Waals surface area contributed by atoms with Gasteiger partial charge in [0.2, 0.25) is 5.91 Å². The van der Waals surface area contributed by atoms with E-state index in [0.717, 1.165) is 11.3 Å². The summed E-state index contributed by atoms with van der Waals surface area (Å²) in [5.41, 5.74) is 8.87. The number of nitrogens with one attached hydrogen (secondary N) is 1. The lowest BCUT2D eigenvalue weighted by atomic mass is 9.95. The van der Waals surface area contributed by atoms with Crippen molar-refractivity contribution < 1.29 is 19.4 Å². The normalized spacial score (nSPS) is 15.4. The summed E-state index contributed by atoms with van der Waals surface area (Å²) in [7, 11) is 1.26. The number of rotatable bonds is 10. The molecule has 27 heavy (non-hydrogen) atoms. The number of azide groups is 1. The molecule has 10 heteroatoms. The zero-order chi connectivity index (χ0) is 20.6. The lowest BCUT2D eigenvalue weighted by molar-refractivity contribution is -0.124. The largest absolute Gasteiger partial charge is 0.464 e. The van der Waals surface area contributed by atoms with Gasteiger partial charge in [0.1, 0.15) is 17.2 Å². The van der Waals surface area contributed by atoms with Crippen molar-refractivity contribution in [3.05, 3.63) is 26.5 Å². The quantitative estimate of drug-likeness (QED) is 0.270. The number of carbonyl (C=O) groups is 2. The maximum Gasteiger partial charge on any atom is 0.357 e. The molecule has 0 aliphatic carbocycles. The van der Waals surface area contributed by atoms with E-state index in [2.05, 4.69) is 25.1 Å². The molecule has 4 atom stereocenters. The Morgan fingerprint density at radius 3 is 2.63 bits per heavy atom. The molecule has 1 aromatic heterocycles. The first-order chi connectivity index (χ1) is 12.7. The number of aliphatic hydroxyl groups excluding tert-OH is 1. The van der Waals surface area contributed by atoms with E-state index in [0.29, 0.717) is 11.4 Å². The lowest BCUT2D eigenvalue weighted by Gasteiger charge is -2.27. The highest BCUT2D eigenvalue weighted by molar-refractivity contribution is 7.09. The van der Waals surface area contributed by atoms with Gasteiger partial charge in [-0.1, -0.05) is 39.2 Å². The Hall–Kier alpha value is -2.16. The van der Waals surface area contributed by atoms with Gasteiger partial charge in [-0.2, -0.15) is 0 Å². The van der Waals surface area contributed by atoms with Gasteiger partial charge in [-0.25, -0.2) is 9.78 Å². The number of esters is 1. The molecule has 0 spiro atoms. The number of carbonyl (C=O) groups excluding carboxylic acids is 2. The van der Waals surface area contributed by atoms with Crippen LogP contribution in [0.3, 0.4) is 0 Å². The molecule has 0 aromatic carbocycles. The van der Waals surface area contributed by atoms with Gasteiger partial charge in [0.15, 0.2) is 5.69 Å². The summed E-state index contributed by atoms with van der Waals surface area (Å²) in [5, 5.41) is 18.9. The van der Waals surface area contributed by atoms with E-state index in [-0.39, 0.29) is 35.9 Å². The highest BCUT2D eigenvalue weighted by Crippen LogP contribution is 2.25. The van der Waals surface area contributed by atoms with Crippen molar-refractivity contribution in [2.45, 2.75) is 58.7 Å². The first kappa shape index (κ1) is 22.9. The van der Waals surface area contributed by atoms with Gasteiger partial charge in [0, 0.05) is 22.8 Å². The minimum Gasteiger partial charge on any atom is -0.464 e. The molecule has 2 N–H and O–H groups in total. The third-order valence-electron chi connectivity index (χ3n) is 4.44. The van der Waals surface area contributed by atoms with Crippen molar-refractivity contribution in [2.75, 3.05) is 7.11 Å². The van der Waals surface area contributed by atoms with Crippen LogP contribution in [0.1, 0.15) is 62.1 Å². The van der Waals surface area contributed by atoms with Crippen LogP contribution in [0.2, 0.25) is 0 Å². The van der Waals surface area contributed by atoms with E-state index in [1.807, 2.05) is 27.7 Å². The number of hydrogen-bond acceptors (Lipinski definition) is 7. The van der Waals surface area contributed by atoms with Crippen molar-refractivity contribution in [3.8, 4) is 0 Å². The molecule has 0 saturated heterocycles. The smallest absolute Gasteiger partial charge is 0.357 e. The minimum atomic E-state index is -0.942. The van der Waals surface area contributed by atoms with E-state index in [4.69, 9.17) is 5.53 Å². The maximum absolute atomic E-state index is 12.6. The number of nitrogens with zero attached hydrogens (tertiary/aromatic N) is 4. The third kappa shape index (κ3) is 6.50. The molecule has 1 unspecified atom stereocenters. The predicted octanol–water partition coefficient (Wildman–Crippen LogP) is 3.22. The van der Waals surface area contributed by atoms with Crippen LogP contribution in [0.15, 0.2) is 10.5 Å². The number of amides is 1. The Morgan fingerprint density at radius 1 is 1.44 bits per heavy atom. The van der Waals surface area contributed by atoms with E-state index >= 15 is 0 Å². The predicted molar refractivity (Wildman–Crippen MR) is 102 cm³/mol. The molecule has 0 aliphatic heterocycles. The molecule has 0 aliphatic rings. The lowest BCUT2D eigenvalue weighted by Crippen LogP contribution is -2.45. The van der Waals surface area contributed by atoms with Gasteiger partial charge in [-0.3, -0.25) is 4.79 Å². The molecule has 1 heterocycles. The molecular weight excluding hydrogens is 370 g/mol. The van der Waals surface area contributed by atoms with E-state index in [1.165, 1.54) is 12.5 Å². The highest BCUT2D eigenvalue weighted by atomic mass is 32.1. The Kier molecular flexibility index (Phi) is 9.20. The van der Waals surface area contributed by atoms with Gasteiger partial charge in [-0.05, 0) is 17.4 Å². The number of thiazole rings is 1. The van der Waals surface area contributed by atoms with Crippen LogP contribution >= 0.6 is 11.3 Å². The summed E-state index contributed by atoms with van der Waals surface area (Å²) in [5.74, 6) is -0.987. The van der Waals surface area contributed by atoms with Crippen LogP contribution in [-0.2, 0) is 9.53 Å². The molecule has 1 rings (SSSR count). The summed E-state index contributed by atoms with van der Waals surface area (Å²) in [4.78, 5) is 30.9. The van der Waals surface area contributed by atoms with Crippen LogP contribution in [0, 0.1) is 11.8 Å². The molecule has 1 aromatic rings. The standard InChI is InChI=1S/C17H27N5O4S/c1-6-10(4)14(21-22-18)15(24)19-11(9(2)3)7-13(23)16-20-12(8-27-16)17(25)26-5/h8-11,13-14,23H,6-7H2,1-5H3,(H,19,24)/t10?,11-,13-,14+/m1/s1. The molecule has 0 bridgehead atoms. The Morgan fingerprint density at radius 2 is 2.11 bits per heavy atom.